The standard InChI is InChI=1S/C16H17ClN4O3S/c1-9-4-3-5-11(10(9)2)20-14(23)7-21-16(24)15(17)12(6-19-21)25-8-13(18)22/h3-6H,7-8H2,1-2H3,(H2,18,22)(H,20,23). The van der Waals surface area contributed by atoms with Gasteiger partial charge >= 0.3 is 0 Å². The monoisotopic (exact) mass is 380 g/mol. The summed E-state index contributed by atoms with van der Waals surface area (Å²) >= 11 is 7.01. The van der Waals surface area contributed by atoms with Gasteiger partial charge in [0.1, 0.15) is 11.6 Å². The summed E-state index contributed by atoms with van der Waals surface area (Å²) in [5.74, 6) is -0.937. The van der Waals surface area contributed by atoms with Gasteiger partial charge in [0.05, 0.1) is 16.8 Å². The predicted octanol–water partition coefficient (Wildman–Crippen LogP) is 1.73. The van der Waals surface area contributed by atoms with Gasteiger partial charge in [0, 0.05) is 5.69 Å². The van der Waals surface area contributed by atoms with Crippen molar-refractivity contribution in [2.45, 2.75) is 25.3 Å². The molecule has 1 aromatic heterocycles. The number of aromatic nitrogens is 2. The van der Waals surface area contributed by atoms with E-state index in [2.05, 4.69) is 10.4 Å². The van der Waals surface area contributed by atoms with Crippen LogP contribution in [0.5, 0.6) is 0 Å². The molecular formula is C16H17ClN4O3S. The van der Waals surface area contributed by atoms with Gasteiger partial charge in [-0.15, -0.1) is 11.8 Å². The van der Waals surface area contributed by atoms with Crippen LogP contribution in [0.15, 0.2) is 34.1 Å². The quantitative estimate of drug-likeness (QED) is 0.742. The van der Waals surface area contributed by atoms with Crippen molar-refractivity contribution in [2.24, 2.45) is 5.73 Å². The number of anilines is 1. The second-order valence-electron chi connectivity index (χ2n) is 5.34. The van der Waals surface area contributed by atoms with Crippen LogP contribution in [0.3, 0.4) is 0 Å². The Balaban J connectivity index is 2.13. The first kappa shape index (κ1) is 19.0. The molecule has 2 rings (SSSR count). The smallest absolute Gasteiger partial charge is 0.287 e. The molecule has 0 saturated heterocycles. The molecule has 0 atom stereocenters. The van der Waals surface area contributed by atoms with Gasteiger partial charge in [-0.3, -0.25) is 14.4 Å². The Morgan fingerprint density at radius 3 is 2.76 bits per heavy atom. The van der Waals surface area contributed by atoms with Gasteiger partial charge in [-0.2, -0.15) is 5.10 Å². The van der Waals surface area contributed by atoms with Gasteiger partial charge < -0.3 is 11.1 Å². The van der Waals surface area contributed by atoms with Crippen molar-refractivity contribution in [3.05, 3.63) is 50.9 Å². The van der Waals surface area contributed by atoms with Crippen LogP contribution in [0.2, 0.25) is 5.02 Å². The van der Waals surface area contributed by atoms with E-state index in [0.29, 0.717) is 10.6 Å². The van der Waals surface area contributed by atoms with Gasteiger partial charge in [-0.05, 0) is 31.0 Å². The fourth-order valence-corrected chi connectivity index (χ4v) is 2.97. The number of carbonyl (C=O) groups is 2. The zero-order chi connectivity index (χ0) is 18.6. The number of nitrogens with zero attached hydrogens (tertiary/aromatic N) is 2. The Morgan fingerprint density at radius 2 is 2.08 bits per heavy atom. The van der Waals surface area contributed by atoms with Crippen LogP contribution in [0.25, 0.3) is 0 Å². The number of aryl methyl sites for hydroxylation is 1. The SMILES string of the molecule is Cc1cccc(NC(=O)Cn2ncc(SCC(N)=O)c(Cl)c2=O)c1C. The number of amides is 2. The molecule has 7 nitrogen and oxygen atoms in total. The molecule has 0 aliphatic carbocycles. The van der Waals surface area contributed by atoms with E-state index < -0.39 is 17.4 Å². The van der Waals surface area contributed by atoms with Crippen molar-refractivity contribution in [2.75, 3.05) is 11.1 Å². The van der Waals surface area contributed by atoms with Crippen LogP contribution >= 0.6 is 23.4 Å². The highest BCUT2D eigenvalue weighted by Crippen LogP contribution is 2.22. The molecule has 132 valence electrons. The summed E-state index contributed by atoms with van der Waals surface area (Å²) in [6.45, 7) is 3.57. The molecule has 1 aromatic carbocycles. The molecule has 0 fully saturated rings. The van der Waals surface area contributed by atoms with Crippen LogP contribution in [-0.2, 0) is 16.1 Å². The van der Waals surface area contributed by atoms with E-state index in [0.717, 1.165) is 27.6 Å². The molecule has 0 aliphatic rings. The maximum Gasteiger partial charge on any atom is 0.287 e. The number of primary amides is 1. The number of nitrogens with one attached hydrogen (secondary N) is 1. The van der Waals surface area contributed by atoms with E-state index in [1.807, 2.05) is 26.0 Å². The first-order valence-corrected chi connectivity index (χ1v) is 8.68. The van der Waals surface area contributed by atoms with Crippen LogP contribution in [-0.4, -0.2) is 27.3 Å². The van der Waals surface area contributed by atoms with E-state index in [9.17, 15) is 14.4 Å². The third-order valence-corrected chi connectivity index (χ3v) is 5.02. The zero-order valence-corrected chi connectivity index (χ0v) is 15.3. The molecule has 2 amide bonds. The number of halogens is 1. The third-order valence-electron chi connectivity index (χ3n) is 3.49. The molecule has 3 N–H and O–H groups in total. The normalized spacial score (nSPS) is 10.5. The summed E-state index contributed by atoms with van der Waals surface area (Å²) < 4.78 is 0.969. The van der Waals surface area contributed by atoms with Gasteiger partial charge in [-0.1, -0.05) is 23.7 Å². The highest BCUT2D eigenvalue weighted by atomic mass is 35.5. The van der Waals surface area contributed by atoms with Crippen LogP contribution < -0.4 is 16.6 Å². The summed E-state index contributed by atoms with van der Waals surface area (Å²) in [5, 5.41) is 6.58. The Bertz CT molecular complexity index is 882. The summed E-state index contributed by atoms with van der Waals surface area (Å²) in [6.07, 6.45) is 1.34. The Hall–Kier alpha value is -2.32. The van der Waals surface area contributed by atoms with Crippen molar-refractivity contribution in [3.8, 4) is 0 Å². The third kappa shape index (κ3) is 4.83. The minimum atomic E-state index is -0.604. The lowest BCUT2D eigenvalue weighted by Crippen LogP contribution is -2.30. The van der Waals surface area contributed by atoms with Crippen molar-refractivity contribution >= 4 is 40.9 Å². The summed E-state index contributed by atoms with van der Waals surface area (Å²) in [5.41, 5.74) is 7.13. The number of rotatable bonds is 6. The number of nitrogens with two attached hydrogens (primary N) is 1. The van der Waals surface area contributed by atoms with Gasteiger partial charge in [0.15, 0.2) is 0 Å². The molecular weight excluding hydrogens is 364 g/mol. The maximum atomic E-state index is 12.2. The molecule has 0 saturated carbocycles. The maximum absolute atomic E-state index is 12.2. The molecule has 2 aromatic rings. The average Bonchev–Trinajstić information content (AvgIpc) is 2.55. The highest BCUT2D eigenvalue weighted by molar-refractivity contribution is 8.00. The fourth-order valence-electron chi connectivity index (χ4n) is 2.02. The first-order chi connectivity index (χ1) is 11.8. The second-order valence-corrected chi connectivity index (χ2v) is 6.73. The lowest BCUT2D eigenvalue weighted by Gasteiger charge is -2.11. The summed E-state index contributed by atoms with van der Waals surface area (Å²) in [7, 11) is 0. The number of benzene rings is 1. The zero-order valence-electron chi connectivity index (χ0n) is 13.7. The van der Waals surface area contributed by atoms with Crippen LogP contribution in [0.4, 0.5) is 5.69 Å². The fraction of sp³-hybridized carbons (Fsp3) is 0.250. The number of hydrogen-bond acceptors (Lipinski definition) is 5. The summed E-state index contributed by atoms with van der Waals surface area (Å²) in [4.78, 5) is 35.5. The number of thioether (sulfide) groups is 1. The first-order valence-electron chi connectivity index (χ1n) is 7.32. The van der Waals surface area contributed by atoms with Gasteiger partial charge in [0.2, 0.25) is 11.8 Å². The molecule has 0 spiro atoms. The minimum Gasteiger partial charge on any atom is -0.369 e. The second kappa shape index (κ2) is 8.17. The average molecular weight is 381 g/mol. The Labute approximate surface area is 153 Å². The van der Waals surface area contributed by atoms with Gasteiger partial charge in [-0.25, -0.2) is 4.68 Å². The molecule has 0 unspecified atom stereocenters. The Kier molecular flexibility index (Phi) is 6.22. The van der Waals surface area contributed by atoms with E-state index in [1.165, 1.54) is 6.20 Å². The molecule has 1 heterocycles. The molecule has 0 aliphatic heterocycles. The van der Waals surface area contributed by atoms with Crippen molar-refractivity contribution < 1.29 is 9.59 Å². The largest absolute Gasteiger partial charge is 0.369 e. The Morgan fingerprint density at radius 1 is 1.36 bits per heavy atom. The van der Waals surface area contributed by atoms with Crippen molar-refractivity contribution in [1.29, 1.82) is 0 Å². The number of carbonyl (C=O) groups excluding carboxylic acids is 2. The van der Waals surface area contributed by atoms with E-state index in [1.54, 1.807) is 6.07 Å². The lowest BCUT2D eigenvalue weighted by atomic mass is 10.1. The van der Waals surface area contributed by atoms with Crippen LogP contribution in [0.1, 0.15) is 11.1 Å². The predicted molar refractivity (Wildman–Crippen MR) is 98.0 cm³/mol. The number of hydrogen-bond donors (Lipinski definition) is 2. The minimum absolute atomic E-state index is 0.0159. The molecule has 0 bridgehead atoms. The van der Waals surface area contributed by atoms with Crippen molar-refractivity contribution in [3.63, 3.8) is 0 Å². The van der Waals surface area contributed by atoms with E-state index in [4.69, 9.17) is 17.3 Å². The van der Waals surface area contributed by atoms with Crippen molar-refractivity contribution in [1.82, 2.24) is 9.78 Å². The van der Waals surface area contributed by atoms with E-state index >= 15 is 0 Å². The van der Waals surface area contributed by atoms with E-state index in [-0.39, 0.29) is 17.3 Å². The van der Waals surface area contributed by atoms with Gasteiger partial charge in [0.25, 0.3) is 5.56 Å². The topological polar surface area (TPSA) is 107 Å². The molecule has 25 heavy (non-hydrogen) atoms. The van der Waals surface area contributed by atoms with Crippen LogP contribution in [0, 0.1) is 13.8 Å². The summed E-state index contributed by atoms with van der Waals surface area (Å²) in [6, 6.07) is 5.57. The molecule has 0 radical (unpaired) electrons. The lowest BCUT2D eigenvalue weighted by molar-refractivity contribution is -0.117. The highest BCUT2D eigenvalue weighted by Gasteiger charge is 2.14. The molecule has 9 heteroatoms.